The molecule has 0 unspecified atom stereocenters. The first-order valence-electron chi connectivity index (χ1n) is 12.5. The van der Waals surface area contributed by atoms with Gasteiger partial charge in [0.2, 0.25) is 0 Å². The molecule has 4 heterocycles. The highest BCUT2D eigenvalue weighted by molar-refractivity contribution is 6.01. The number of hydrogen-bond donors (Lipinski definition) is 2. The van der Waals surface area contributed by atoms with Gasteiger partial charge in [-0.25, -0.2) is 0 Å². The minimum Gasteiger partial charge on any atom is -0.353 e. The number of fused-ring (bicyclic) bond motifs is 2. The van der Waals surface area contributed by atoms with E-state index in [4.69, 9.17) is 5.10 Å². The molecule has 36 heavy (non-hydrogen) atoms. The van der Waals surface area contributed by atoms with E-state index in [9.17, 15) is 0 Å². The zero-order chi connectivity index (χ0) is 23.9. The fraction of sp³-hybridized carbons (Fsp3) is 0.161. The molecule has 1 saturated heterocycles. The molecule has 174 valence electrons. The number of hydrogen-bond acceptors (Lipinski definition) is 3. The fourth-order valence-electron chi connectivity index (χ4n) is 5.33. The van der Waals surface area contributed by atoms with E-state index >= 15 is 0 Å². The number of aromatic amines is 2. The predicted octanol–water partition coefficient (Wildman–Crippen LogP) is 6.64. The Bertz CT molecular complexity index is 1670. The van der Waals surface area contributed by atoms with Crippen LogP contribution in [-0.2, 0) is 6.54 Å². The van der Waals surface area contributed by atoms with E-state index in [1.54, 1.807) is 0 Å². The monoisotopic (exact) mass is 467 g/mol. The number of benzene rings is 2. The molecular weight excluding hydrogens is 442 g/mol. The number of nitrogens with one attached hydrogen (secondary N) is 2. The zero-order valence-corrected chi connectivity index (χ0v) is 19.9. The summed E-state index contributed by atoms with van der Waals surface area (Å²) >= 11 is 0. The quantitative estimate of drug-likeness (QED) is 0.299. The Morgan fingerprint density at radius 2 is 1.81 bits per heavy atom. The molecular formula is C31H25N5. The van der Waals surface area contributed by atoms with Crippen molar-refractivity contribution in [3.8, 4) is 33.8 Å². The topological polar surface area (TPSA) is 60.6 Å². The van der Waals surface area contributed by atoms with Crippen LogP contribution < -0.4 is 0 Å². The van der Waals surface area contributed by atoms with Crippen molar-refractivity contribution in [2.45, 2.75) is 19.4 Å². The molecule has 2 N–H and O–H groups in total. The molecule has 3 aromatic heterocycles. The van der Waals surface area contributed by atoms with Crippen molar-refractivity contribution >= 4 is 21.8 Å². The van der Waals surface area contributed by atoms with Crippen LogP contribution in [0.2, 0.25) is 0 Å². The second-order valence-electron chi connectivity index (χ2n) is 9.52. The number of nitrogens with zero attached hydrogens (tertiary/aromatic N) is 3. The van der Waals surface area contributed by atoms with Crippen molar-refractivity contribution < 1.29 is 0 Å². The van der Waals surface area contributed by atoms with E-state index in [0.717, 1.165) is 62.1 Å². The van der Waals surface area contributed by atoms with Gasteiger partial charge in [-0.05, 0) is 85.6 Å². The van der Waals surface area contributed by atoms with Crippen LogP contribution in [0.25, 0.3) is 55.6 Å². The summed E-state index contributed by atoms with van der Waals surface area (Å²) in [4.78, 5) is 10.6. The Kier molecular flexibility index (Phi) is 5.04. The van der Waals surface area contributed by atoms with Crippen molar-refractivity contribution in [3.05, 3.63) is 96.7 Å². The Labute approximate surface area is 209 Å². The van der Waals surface area contributed by atoms with Crippen LogP contribution in [-0.4, -0.2) is 38.2 Å². The minimum atomic E-state index is 0.916. The first-order valence-corrected chi connectivity index (χ1v) is 12.5. The minimum absolute atomic E-state index is 0.916. The van der Waals surface area contributed by atoms with Crippen molar-refractivity contribution in [2.24, 2.45) is 0 Å². The van der Waals surface area contributed by atoms with E-state index in [0.29, 0.717) is 0 Å². The lowest BCUT2D eigenvalue weighted by atomic mass is 10.0. The normalized spacial score (nSPS) is 14.0. The SMILES string of the molecule is c1cc(-c2ccc3[nH]nc(-c4cc5c(-c6ccccn6)cccc5[nH]4)c3c2)cc(CN2CCCC2)c#1. The molecule has 7 rings (SSSR count). The molecule has 1 aliphatic heterocycles. The molecule has 0 atom stereocenters. The Balaban J connectivity index is 1.28. The van der Waals surface area contributed by atoms with Crippen LogP contribution in [0.15, 0.2) is 79.0 Å². The number of rotatable bonds is 5. The third-order valence-electron chi connectivity index (χ3n) is 7.14. The number of likely N-dealkylation sites (tertiary alicyclic amines) is 1. The standard InChI is InChI=1S/C31H25N5/c1-2-14-32-27(10-1)24-9-6-11-28-25(24)19-30(33-28)31-26-18-23(12-13-29(26)34-35-31)22-8-5-7-21(17-22)20-36-15-3-4-16-36/h1-2,6,8-14,17-19,33H,3-4,15-16,20H2,(H,34,35). The molecule has 0 amide bonds. The van der Waals surface area contributed by atoms with E-state index in [1.165, 1.54) is 31.5 Å². The maximum absolute atomic E-state index is 4.69. The van der Waals surface area contributed by atoms with Gasteiger partial charge in [0.25, 0.3) is 0 Å². The number of aromatic nitrogens is 4. The summed E-state index contributed by atoms with van der Waals surface area (Å²) in [5.74, 6) is 0. The molecule has 6 aromatic rings. The van der Waals surface area contributed by atoms with Gasteiger partial charge < -0.3 is 4.98 Å². The molecule has 0 saturated carbocycles. The summed E-state index contributed by atoms with van der Waals surface area (Å²) in [7, 11) is 0. The lowest BCUT2D eigenvalue weighted by molar-refractivity contribution is 0.331. The predicted molar refractivity (Wildman–Crippen MR) is 144 cm³/mol. The van der Waals surface area contributed by atoms with Crippen LogP contribution in [0.5, 0.6) is 0 Å². The highest BCUT2D eigenvalue weighted by atomic mass is 15.1. The Morgan fingerprint density at radius 1 is 0.861 bits per heavy atom. The van der Waals surface area contributed by atoms with Crippen LogP contribution >= 0.6 is 0 Å². The number of H-pyrrole nitrogens is 2. The summed E-state index contributed by atoms with van der Waals surface area (Å²) in [6.45, 7) is 3.29. The van der Waals surface area contributed by atoms with Gasteiger partial charge in [0.05, 0.1) is 16.9 Å². The van der Waals surface area contributed by atoms with Crippen LogP contribution in [0.4, 0.5) is 0 Å². The molecule has 3 aromatic carbocycles. The summed E-state index contributed by atoms with van der Waals surface area (Å²) in [6.07, 6.45) is 4.42. The van der Waals surface area contributed by atoms with Crippen molar-refractivity contribution in [1.29, 1.82) is 0 Å². The van der Waals surface area contributed by atoms with Gasteiger partial charge in [0.1, 0.15) is 5.69 Å². The largest absolute Gasteiger partial charge is 0.353 e. The third kappa shape index (κ3) is 3.73. The van der Waals surface area contributed by atoms with Crippen LogP contribution in [0.3, 0.4) is 0 Å². The van der Waals surface area contributed by atoms with Gasteiger partial charge >= 0.3 is 0 Å². The van der Waals surface area contributed by atoms with E-state index in [2.05, 4.69) is 80.6 Å². The highest BCUT2D eigenvalue weighted by Gasteiger charge is 2.15. The van der Waals surface area contributed by atoms with Gasteiger partial charge in [-0.1, -0.05) is 36.4 Å². The van der Waals surface area contributed by atoms with Crippen molar-refractivity contribution in [2.75, 3.05) is 13.1 Å². The fourth-order valence-corrected chi connectivity index (χ4v) is 5.33. The van der Waals surface area contributed by atoms with Gasteiger partial charge in [-0.3, -0.25) is 15.0 Å². The highest BCUT2D eigenvalue weighted by Crippen LogP contribution is 2.34. The molecule has 1 fully saturated rings. The van der Waals surface area contributed by atoms with Crippen LogP contribution in [0, 0.1) is 12.1 Å². The molecule has 5 heteroatoms. The summed E-state index contributed by atoms with van der Waals surface area (Å²) in [6, 6.07) is 31.8. The average Bonchev–Trinajstić information content (AvgIpc) is 3.68. The zero-order valence-electron chi connectivity index (χ0n) is 19.9. The van der Waals surface area contributed by atoms with E-state index in [-0.39, 0.29) is 0 Å². The lowest BCUT2D eigenvalue weighted by Crippen LogP contribution is -2.18. The van der Waals surface area contributed by atoms with Gasteiger partial charge in [-0.15, -0.1) is 0 Å². The Morgan fingerprint density at radius 3 is 2.69 bits per heavy atom. The van der Waals surface area contributed by atoms with Gasteiger partial charge in [0.15, 0.2) is 0 Å². The second kappa shape index (κ2) is 8.67. The summed E-state index contributed by atoms with van der Waals surface area (Å²) in [5, 5.41) is 10.1. The maximum Gasteiger partial charge on any atom is 0.116 e. The first kappa shape index (κ1) is 20.9. The molecule has 0 bridgehead atoms. The van der Waals surface area contributed by atoms with Crippen molar-refractivity contribution in [3.63, 3.8) is 0 Å². The van der Waals surface area contributed by atoms with Gasteiger partial charge in [-0.2, -0.15) is 5.10 Å². The van der Waals surface area contributed by atoms with Crippen molar-refractivity contribution in [1.82, 2.24) is 25.1 Å². The second-order valence-corrected chi connectivity index (χ2v) is 9.52. The molecule has 1 aliphatic rings. The first-order chi connectivity index (χ1) is 17.8. The number of pyridine rings is 1. The average molecular weight is 468 g/mol. The van der Waals surface area contributed by atoms with Gasteiger partial charge in [0, 0.05) is 40.2 Å². The summed E-state index contributed by atoms with van der Waals surface area (Å²) < 4.78 is 0. The molecule has 0 aliphatic carbocycles. The van der Waals surface area contributed by atoms with E-state index in [1.807, 2.05) is 30.5 Å². The summed E-state index contributed by atoms with van der Waals surface area (Å²) in [5.41, 5.74) is 9.57. The maximum atomic E-state index is 4.69. The smallest absolute Gasteiger partial charge is 0.116 e. The third-order valence-corrected chi connectivity index (χ3v) is 7.14. The molecule has 0 radical (unpaired) electrons. The lowest BCUT2D eigenvalue weighted by Gasteiger charge is -2.13. The Hall–Kier alpha value is -4.40. The molecule has 5 nitrogen and oxygen atoms in total. The van der Waals surface area contributed by atoms with E-state index < -0.39 is 0 Å². The van der Waals surface area contributed by atoms with Crippen LogP contribution in [0.1, 0.15) is 18.4 Å². The molecule has 0 spiro atoms.